The van der Waals surface area contributed by atoms with Gasteiger partial charge in [-0.15, -0.1) is 0 Å². The molecule has 0 heterocycles. The van der Waals surface area contributed by atoms with Gasteiger partial charge >= 0.3 is 0 Å². The van der Waals surface area contributed by atoms with E-state index in [-0.39, 0.29) is 11.1 Å². The molecule has 4 aromatic rings. The van der Waals surface area contributed by atoms with Gasteiger partial charge in [0.15, 0.2) is 11.4 Å². The first kappa shape index (κ1) is 34.6. The molecule has 0 aliphatic carbocycles. The third kappa shape index (κ3) is 10.1. The van der Waals surface area contributed by atoms with Gasteiger partial charge in [-0.05, 0) is 49.0 Å². The number of unbranched alkanes of at least 4 members (excludes halogenated alkanes) is 2. The van der Waals surface area contributed by atoms with Gasteiger partial charge in [0.05, 0.1) is 29.0 Å². The van der Waals surface area contributed by atoms with Gasteiger partial charge in [0.2, 0.25) is 0 Å². The van der Waals surface area contributed by atoms with E-state index in [1.54, 1.807) is 18.4 Å². The molecule has 0 spiro atoms. The van der Waals surface area contributed by atoms with Gasteiger partial charge in [-0.1, -0.05) is 137 Å². The zero-order chi connectivity index (χ0) is 31.9. The normalized spacial score (nSPS) is 11.5. The minimum Gasteiger partial charge on any atom is -0.499 e. The minimum atomic E-state index is -0.881. The van der Waals surface area contributed by atoms with Gasteiger partial charge in [0, 0.05) is 12.1 Å². The molecular weight excluding hydrogens is 652 g/mol. The number of hydroxylamine groups is 1. The summed E-state index contributed by atoms with van der Waals surface area (Å²) >= 11 is 23.9. The molecule has 4 rings (SSSR count). The molecule has 9 heteroatoms. The number of nitrogens with one attached hydrogen (secondary N) is 1. The maximum atomic E-state index is 6.60. The van der Waals surface area contributed by atoms with Crippen molar-refractivity contribution in [2.45, 2.75) is 31.8 Å². The van der Waals surface area contributed by atoms with Gasteiger partial charge < -0.3 is 14.2 Å². The molecular formula is C36H35Cl4NO4. The second kappa shape index (κ2) is 18.0. The fraction of sp³-hybridized carbons (Fsp3) is 0.222. The third-order valence-electron chi connectivity index (χ3n) is 6.78. The molecule has 0 amide bonds. The van der Waals surface area contributed by atoms with Crippen LogP contribution in [0.4, 0.5) is 0 Å². The average molecular weight is 687 g/mol. The molecule has 5 nitrogen and oxygen atoms in total. The molecule has 45 heavy (non-hydrogen) atoms. The summed E-state index contributed by atoms with van der Waals surface area (Å²) in [6, 6.07) is 33.8. The first-order valence-corrected chi connectivity index (χ1v) is 16.1. The van der Waals surface area contributed by atoms with Crippen LogP contribution >= 0.6 is 46.4 Å². The number of allylic oxidation sites excluding steroid dienone is 1. The van der Waals surface area contributed by atoms with Crippen LogP contribution in [0.15, 0.2) is 126 Å². The molecule has 4 aromatic carbocycles. The minimum absolute atomic E-state index is 0.127. The van der Waals surface area contributed by atoms with Gasteiger partial charge in [-0.3, -0.25) is 10.3 Å². The third-order valence-corrected chi connectivity index (χ3v) is 7.65. The first-order valence-electron chi connectivity index (χ1n) is 14.5. The fourth-order valence-corrected chi connectivity index (χ4v) is 5.36. The smallest absolute Gasteiger partial charge is 0.171 e. The van der Waals surface area contributed by atoms with Gasteiger partial charge in [0.1, 0.15) is 23.1 Å². The lowest BCUT2D eigenvalue weighted by molar-refractivity contribution is -0.0463. The van der Waals surface area contributed by atoms with Crippen molar-refractivity contribution >= 4 is 46.4 Å². The van der Waals surface area contributed by atoms with Crippen molar-refractivity contribution in [3.05, 3.63) is 152 Å². The molecule has 0 aliphatic heterocycles. The standard InChI is InChI=1S/C36H35Cl4NO4/c1-27(26-42-21-12-5-13-22-44-35-32(37)24-31(25-33(35)38)43-23-20-34(39)40)41-45-36(28-14-6-2-7-15-28,29-16-8-3-9-17-29)30-18-10-4-11-19-30/h2-4,6-11,14-20,24-26,41H,5,12-13,21-23H2,1H3. The number of ether oxygens (including phenoxy) is 3. The summed E-state index contributed by atoms with van der Waals surface area (Å²) in [4.78, 5) is 6.60. The molecule has 236 valence electrons. The van der Waals surface area contributed by atoms with Crippen LogP contribution in [0, 0.1) is 0 Å². The summed E-state index contributed by atoms with van der Waals surface area (Å²) in [6.07, 6.45) is 5.76. The maximum Gasteiger partial charge on any atom is 0.171 e. The van der Waals surface area contributed by atoms with Gasteiger partial charge in [-0.25, -0.2) is 0 Å². The fourth-order valence-electron chi connectivity index (χ4n) is 4.66. The maximum absolute atomic E-state index is 6.60. The van der Waals surface area contributed by atoms with Crippen molar-refractivity contribution in [3.63, 3.8) is 0 Å². The summed E-state index contributed by atoms with van der Waals surface area (Å²) in [5.74, 6) is 0.921. The number of halogens is 4. The van der Waals surface area contributed by atoms with E-state index >= 15 is 0 Å². The molecule has 0 fully saturated rings. The Hall–Kier alpha value is -3.32. The topological polar surface area (TPSA) is 49.0 Å². The lowest BCUT2D eigenvalue weighted by Crippen LogP contribution is -2.37. The van der Waals surface area contributed by atoms with E-state index in [2.05, 4.69) is 41.9 Å². The monoisotopic (exact) mass is 685 g/mol. The Morgan fingerprint density at radius 3 is 1.73 bits per heavy atom. The Labute approximate surface area is 285 Å². The number of hydrogen-bond donors (Lipinski definition) is 1. The highest BCUT2D eigenvalue weighted by Gasteiger charge is 2.38. The molecule has 0 unspecified atom stereocenters. The van der Waals surface area contributed by atoms with Crippen LogP contribution in [-0.2, 0) is 15.2 Å². The zero-order valence-electron chi connectivity index (χ0n) is 24.9. The van der Waals surface area contributed by atoms with Crippen LogP contribution in [0.25, 0.3) is 0 Å². The highest BCUT2D eigenvalue weighted by molar-refractivity contribution is 6.55. The van der Waals surface area contributed by atoms with E-state index in [1.807, 2.05) is 61.5 Å². The van der Waals surface area contributed by atoms with E-state index in [1.165, 1.54) is 6.08 Å². The summed E-state index contributed by atoms with van der Waals surface area (Å²) in [6.45, 7) is 3.13. The van der Waals surface area contributed by atoms with Crippen LogP contribution in [0.2, 0.25) is 10.0 Å². The van der Waals surface area contributed by atoms with Crippen molar-refractivity contribution in [2.75, 3.05) is 19.8 Å². The van der Waals surface area contributed by atoms with Crippen LogP contribution in [0.3, 0.4) is 0 Å². The van der Waals surface area contributed by atoms with Crippen LogP contribution < -0.4 is 15.0 Å². The second-order valence-corrected chi connectivity index (χ2v) is 11.9. The lowest BCUT2D eigenvalue weighted by Gasteiger charge is -2.35. The van der Waals surface area contributed by atoms with Gasteiger partial charge in [0.25, 0.3) is 0 Å². The predicted molar refractivity (Wildman–Crippen MR) is 184 cm³/mol. The summed E-state index contributed by atoms with van der Waals surface area (Å²) < 4.78 is 17.3. The van der Waals surface area contributed by atoms with Crippen molar-refractivity contribution in [1.29, 1.82) is 0 Å². The highest BCUT2D eigenvalue weighted by atomic mass is 35.5. The molecule has 0 saturated carbocycles. The van der Waals surface area contributed by atoms with Crippen LogP contribution in [0.1, 0.15) is 42.9 Å². The van der Waals surface area contributed by atoms with E-state index in [0.29, 0.717) is 34.8 Å². The predicted octanol–water partition coefficient (Wildman–Crippen LogP) is 10.6. The number of benzene rings is 4. The largest absolute Gasteiger partial charge is 0.499 e. The van der Waals surface area contributed by atoms with Crippen molar-refractivity contribution < 1.29 is 19.0 Å². The summed E-state index contributed by atoms with van der Waals surface area (Å²) in [5.41, 5.74) is 6.01. The van der Waals surface area contributed by atoms with Crippen molar-refractivity contribution in [1.82, 2.24) is 5.48 Å². The van der Waals surface area contributed by atoms with E-state index in [9.17, 15) is 0 Å². The summed E-state index contributed by atoms with van der Waals surface area (Å²) in [7, 11) is 0. The molecule has 0 bridgehead atoms. The second-order valence-electron chi connectivity index (χ2n) is 10.1. The Bertz CT molecular complexity index is 1410. The van der Waals surface area contributed by atoms with E-state index in [4.69, 9.17) is 65.5 Å². The SMILES string of the molecule is CC(=COCCCCCOc1c(Cl)cc(OCC=C(Cl)Cl)cc1Cl)NOC(c1ccccc1)(c1ccccc1)c1ccccc1. The quantitative estimate of drug-likeness (QED) is 0.0518. The Balaban J connectivity index is 1.27. The molecule has 0 atom stereocenters. The number of rotatable bonds is 17. The van der Waals surface area contributed by atoms with Crippen LogP contribution in [0.5, 0.6) is 11.5 Å². The van der Waals surface area contributed by atoms with Crippen molar-refractivity contribution in [3.8, 4) is 11.5 Å². The Morgan fingerprint density at radius 1 is 0.711 bits per heavy atom. The highest BCUT2D eigenvalue weighted by Crippen LogP contribution is 2.40. The molecule has 0 aromatic heterocycles. The Morgan fingerprint density at radius 2 is 1.22 bits per heavy atom. The Kier molecular flexibility index (Phi) is 13.8. The van der Waals surface area contributed by atoms with Crippen LogP contribution in [-0.4, -0.2) is 19.8 Å². The zero-order valence-corrected chi connectivity index (χ0v) is 27.9. The van der Waals surface area contributed by atoms with E-state index in [0.717, 1.165) is 41.6 Å². The molecule has 0 aliphatic rings. The molecule has 0 saturated heterocycles. The van der Waals surface area contributed by atoms with E-state index < -0.39 is 5.60 Å². The summed E-state index contributed by atoms with van der Waals surface area (Å²) in [5, 5.41) is 0.737. The number of hydrogen-bond acceptors (Lipinski definition) is 5. The lowest BCUT2D eigenvalue weighted by atomic mass is 9.80. The van der Waals surface area contributed by atoms with Gasteiger partial charge in [-0.2, -0.15) is 0 Å². The molecule has 0 radical (unpaired) electrons. The molecule has 1 N–H and O–H groups in total. The van der Waals surface area contributed by atoms with Crippen molar-refractivity contribution in [2.24, 2.45) is 0 Å². The average Bonchev–Trinajstić information content (AvgIpc) is 3.05. The first-order chi connectivity index (χ1) is 21.9.